The van der Waals surface area contributed by atoms with Gasteiger partial charge in [-0.3, -0.25) is 9.11 Å². The summed E-state index contributed by atoms with van der Waals surface area (Å²) in [7, 11) is 11.0. The van der Waals surface area contributed by atoms with Gasteiger partial charge in [-0.15, -0.1) is 37.2 Å². The zero-order valence-electron chi connectivity index (χ0n) is 6.78. The first-order valence-electron chi connectivity index (χ1n) is 1.04. The van der Waals surface area contributed by atoms with Crippen molar-refractivity contribution in [3.63, 3.8) is 0 Å². The third-order valence-electron chi connectivity index (χ3n) is 0. The number of hydrogen-bond donors (Lipinski definition) is 2. The van der Waals surface area contributed by atoms with Gasteiger partial charge in [0.25, 0.3) is 9.05 Å². The van der Waals surface area contributed by atoms with E-state index in [1.807, 2.05) is 0 Å². The van der Waals surface area contributed by atoms with Gasteiger partial charge < -0.3 is 1.43 Å². The third kappa shape index (κ3) is 210. The van der Waals surface area contributed by atoms with Crippen molar-refractivity contribution in [2.75, 3.05) is 0 Å². The van der Waals surface area contributed by atoms with Crippen molar-refractivity contribution in [3.05, 3.63) is 0 Å². The molecule has 0 rings (SSSR count). The quantitative estimate of drug-likeness (QED) is 0.421. The Labute approximate surface area is 142 Å². The van der Waals surface area contributed by atoms with E-state index in [2.05, 4.69) is 11.2 Å². The molecule has 90 valence electrons. The van der Waals surface area contributed by atoms with E-state index in [-0.39, 0.29) is 68.2 Å². The molecule has 0 aliphatic carbocycles. The fraction of sp³-hybridized carbons (Fsp3) is 0. The van der Waals surface area contributed by atoms with Gasteiger partial charge >= 0.3 is 72.3 Å². The van der Waals surface area contributed by atoms with Crippen LogP contribution in [0.3, 0.4) is 0 Å². The fourth-order valence-electron chi connectivity index (χ4n) is 0. The molecule has 0 aromatic rings. The molecule has 0 aliphatic rings. The topological polar surface area (TPSA) is 57.5 Å². The molecule has 0 aliphatic heterocycles. The average Bonchev–Trinajstić information content (AvgIpc) is 1.19. The standard InChI is InChI=1S/Au.6ClH.Na.H2O3S2.H/c;;;;;;;;1-5(2,3)4;/h;6*1H;;(H2,1,2,3,4);/q+3;;;;;;;+1;;-1/p-3. The van der Waals surface area contributed by atoms with Gasteiger partial charge in [0.2, 0.25) is 0 Å². The summed E-state index contributed by atoms with van der Waals surface area (Å²) in [5.74, 6) is 0. The molecule has 0 saturated heterocycles. The minimum atomic E-state index is -3.83. The van der Waals surface area contributed by atoms with Gasteiger partial charge in [-0.2, -0.15) is 4.21 Å². The molecule has 0 aromatic carbocycles. The molecule has 13 heteroatoms. The van der Waals surface area contributed by atoms with E-state index in [9.17, 15) is 0 Å². The molecule has 0 spiro atoms. The van der Waals surface area contributed by atoms with Gasteiger partial charge in [-0.05, 0) is 0 Å². The minimum Gasteiger partial charge on any atom is -1.00 e. The van der Waals surface area contributed by atoms with Crippen molar-refractivity contribution in [1.29, 1.82) is 0 Å². The fourth-order valence-corrected chi connectivity index (χ4v) is 0. The van der Waals surface area contributed by atoms with Crippen LogP contribution in [0.1, 0.15) is 1.43 Å². The zero-order valence-corrected chi connectivity index (χ0v) is 16.3. The SMILES string of the molecule is Cl.Cl.Cl.O=S(O)(O)=S.[Cl][Au]([Cl])[Cl].[H-].[Na+]. The van der Waals surface area contributed by atoms with Crippen molar-refractivity contribution in [3.8, 4) is 0 Å². The summed E-state index contributed by atoms with van der Waals surface area (Å²) in [5, 5.41) is 0. The Morgan fingerprint density at radius 1 is 1.15 bits per heavy atom. The molecular weight excluding hydrogens is 545 g/mol. The molecule has 0 amide bonds. The second kappa shape index (κ2) is 21.1. The van der Waals surface area contributed by atoms with Crippen LogP contribution in [-0.4, -0.2) is 13.3 Å². The Morgan fingerprint density at radius 3 is 1.15 bits per heavy atom. The van der Waals surface area contributed by atoms with E-state index in [0.29, 0.717) is 0 Å². The largest absolute Gasteiger partial charge is 1.00 e. The number of halogens is 6. The van der Waals surface area contributed by atoms with Gasteiger partial charge in [0.15, 0.2) is 0 Å². The molecule has 0 fully saturated rings. The summed E-state index contributed by atoms with van der Waals surface area (Å²) in [4.78, 5) is 0. The van der Waals surface area contributed by atoms with Gasteiger partial charge in [0.05, 0.1) is 0 Å². The summed E-state index contributed by atoms with van der Waals surface area (Å²) in [6.07, 6.45) is 0. The van der Waals surface area contributed by atoms with E-state index in [4.69, 9.17) is 40.9 Å². The van der Waals surface area contributed by atoms with Crippen LogP contribution in [-0.2, 0) is 35.4 Å². The first-order valence-corrected chi connectivity index (χ1v) is 11.5. The second-order valence-corrected chi connectivity index (χ2v) is 12.2. The molecule has 0 atom stereocenters. The molecule has 0 radical (unpaired) electrons. The minimum absolute atomic E-state index is 0. The van der Waals surface area contributed by atoms with Crippen LogP contribution in [0.2, 0.25) is 0 Å². The molecule has 0 unspecified atom stereocenters. The monoisotopic (exact) mass is 548 g/mol. The Hall–Kier alpha value is 3.77. The second-order valence-electron chi connectivity index (χ2n) is 0.577. The van der Waals surface area contributed by atoms with Gasteiger partial charge in [0.1, 0.15) is 0 Å². The first-order chi connectivity index (χ1) is 3.73. The maximum absolute atomic E-state index is 9.11. The molecular formula is H6AuCl6NaO3S2. The molecule has 2 N–H and O–H groups in total. The van der Waals surface area contributed by atoms with E-state index < -0.39 is 24.3 Å². The van der Waals surface area contributed by atoms with Crippen LogP contribution in [0.5, 0.6) is 0 Å². The van der Waals surface area contributed by atoms with Crippen LogP contribution in [0.15, 0.2) is 0 Å². The maximum atomic E-state index is 9.11. The van der Waals surface area contributed by atoms with E-state index in [0.717, 1.165) is 0 Å². The molecule has 0 saturated carbocycles. The number of rotatable bonds is 0. The van der Waals surface area contributed by atoms with Gasteiger partial charge in [-0.1, -0.05) is 0 Å². The molecule has 0 bridgehead atoms. The predicted octanol–water partition coefficient (Wildman–Crippen LogP) is 0.127. The van der Waals surface area contributed by atoms with Crippen molar-refractivity contribution < 1.29 is 59.5 Å². The van der Waals surface area contributed by atoms with Crippen molar-refractivity contribution in [2.45, 2.75) is 0 Å². The van der Waals surface area contributed by atoms with Gasteiger partial charge in [0, 0.05) is 11.2 Å². The van der Waals surface area contributed by atoms with E-state index in [1.54, 1.807) is 0 Å². The van der Waals surface area contributed by atoms with Crippen molar-refractivity contribution in [2.24, 2.45) is 0 Å². The third-order valence-corrected chi connectivity index (χ3v) is 0. The maximum Gasteiger partial charge on any atom is 1.00 e. The van der Waals surface area contributed by atoms with Crippen LogP contribution in [0.25, 0.3) is 0 Å². The zero-order chi connectivity index (χ0) is 8.08. The Balaban J connectivity index is -0.0000000104. The van der Waals surface area contributed by atoms with Crippen LogP contribution >= 0.6 is 64.8 Å². The molecule has 3 nitrogen and oxygen atoms in total. The Kier molecular flexibility index (Phi) is 58.3. The summed E-state index contributed by atoms with van der Waals surface area (Å²) >= 11 is 1.68. The van der Waals surface area contributed by atoms with E-state index in [1.165, 1.54) is 0 Å². The van der Waals surface area contributed by atoms with Crippen molar-refractivity contribution >= 4 is 85.0 Å². The summed E-state index contributed by atoms with van der Waals surface area (Å²) < 4.78 is 24.0. The van der Waals surface area contributed by atoms with Gasteiger partial charge in [-0.25, -0.2) is 0 Å². The Bertz CT molecular complexity index is 142. The predicted molar refractivity (Wildman–Crippen MR) is 61.2 cm³/mol. The van der Waals surface area contributed by atoms with Crippen LogP contribution in [0, 0.1) is 0 Å². The van der Waals surface area contributed by atoms with Crippen molar-refractivity contribution in [1.82, 2.24) is 0 Å². The van der Waals surface area contributed by atoms with Crippen LogP contribution < -0.4 is 29.6 Å². The smallest absolute Gasteiger partial charge is 1.00 e. The first kappa shape index (κ1) is 36.0. The summed E-state index contributed by atoms with van der Waals surface area (Å²) in [5.41, 5.74) is 0. The van der Waals surface area contributed by atoms with Crippen LogP contribution in [0.4, 0.5) is 0 Å². The Morgan fingerprint density at radius 2 is 1.15 bits per heavy atom. The summed E-state index contributed by atoms with van der Waals surface area (Å²) in [6.45, 7) is 0. The summed E-state index contributed by atoms with van der Waals surface area (Å²) in [6, 6.07) is 0. The number of hydrogen-bond acceptors (Lipinski definition) is 2. The molecule has 0 aromatic heterocycles. The normalized spacial score (nSPS) is 7.92. The van der Waals surface area contributed by atoms with E-state index >= 15 is 0 Å². The molecule has 13 heavy (non-hydrogen) atoms. The average molecular weight is 551 g/mol. The molecule has 0 heterocycles.